The Hall–Kier alpha value is -3.15. The second-order valence-electron chi connectivity index (χ2n) is 6.07. The minimum absolute atomic E-state index is 0.0335. The van der Waals surface area contributed by atoms with Gasteiger partial charge in [0.2, 0.25) is 5.91 Å². The Morgan fingerprint density at radius 1 is 1.12 bits per heavy atom. The molecule has 1 aromatic heterocycles. The summed E-state index contributed by atoms with van der Waals surface area (Å²) >= 11 is 0. The van der Waals surface area contributed by atoms with Crippen LogP contribution in [0.1, 0.15) is 35.8 Å². The number of fused-ring (bicyclic) bond motifs is 1. The maximum Gasteiger partial charge on any atom is 0.267 e. The molecule has 0 aliphatic heterocycles. The summed E-state index contributed by atoms with van der Waals surface area (Å²) in [6.07, 6.45) is 1.25. The van der Waals surface area contributed by atoms with Crippen molar-refractivity contribution >= 4 is 28.4 Å². The van der Waals surface area contributed by atoms with Gasteiger partial charge in [0.25, 0.3) is 5.91 Å². The maximum absolute atomic E-state index is 13.7. The van der Waals surface area contributed by atoms with Gasteiger partial charge in [-0.15, -0.1) is 0 Å². The van der Waals surface area contributed by atoms with Gasteiger partial charge in [-0.05, 0) is 42.3 Å². The molecule has 1 heterocycles. The van der Waals surface area contributed by atoms with Crippen LogP contribution in [0.25, 0.3) is 10.9 Å². The van der Waals surface area contributed by atoms with E-state index >= 15 is 0 Å². The molecular formula is C20H20FN3O2. The highest BCUT2D eigenvalue weighted by Gasteiger charge is 2.11. The third kappa shape index (κ3) is 4.08. The molecular weight excluding hydrogens is 333 g/mol. The number of rotatable bonds is 6. The Kier molecular flexibility index (Phi) is 5.31. The fraction of sp³-hybridized carbons (Fsp3) is 0.200. The van der Waals surface area contributed by atoms with E-state index in [-0.39, 0.29) is 17.6 Å². The van der Waals surface area contributed by atoms with Crippen LogP contribution in [0.4, 0.5) is 10.1 Å². The summed E-state index contributed by atoms with van der Waals surface area (Å²) in [5.41, 5.74) is 2.44. The van der Waals surface area contributed by atoms with Crippen molar-refractivity contribution in [1.82, 2.24) is 10.3 Å². The number of carbonyl (C=O) groups excluding carboxylic acids is 2. The lowest BCUT2D eigenvalue weighted by Crippen LogP contribution is -2.23. The molecule has 0 unspecified atom stereocenters. The van der Waals surface area contributed by atoms with Crippen molar-refractivity contribution in [1.29, 1.82) is 0 Å². The van der Waals surface area contributed by atoms with E-state index in [1.165, 1.54) is 12.1 Å². The van der Waals surface area contributed by atoms with Gasteiger partial charge < -0.3 is 15.6 Å². The predicted molar refractivity (Wildman–Crippen MR) is 99.4 cm³/mol. The van der Waals surface area contributed by atoms with Gasteiger partial charge in [-0.3, -0.25) is 9.59 Å². The van der Waals surface area contributed by atoms with E-state index in [0.29, 0.717) is 35.2 Å². The second-order valence-corrected chi connectivity index (χ2v) is 6.07. The second kappa shape index (κ2) is 7.82. The zero-order valence-electron chi connectivity index (χ0n) is 14.4. The topological polar surface area (TPSA) is 74.0 Å². The van der Waals surface area contributed by atoms with Crippen molar-refractivity contribution in [3.8, 4) is 0 Å². The summed E-state index contributed by atoms with van der Waals surface area (Å²) < 4.78 is 13.7. The van der Waals surface area contributed by atoms with Crippen molar-refractivity contribution < 1.29 is 14.0 Å². The van der Waals surface area contributed by atoms with Crippen LogP contribution < -0.4 is 10.6 Å². The van der Waals surface area contributed by atoms with Gasteiger partial charge in [0, 0.05) is 29.6 Å². The number of nitrogens with one attached hydrogen (secondary N) is 3. The minimum atomic E-state index is -0.367. The molecule has 0 radical (unpaired) electrons. The third-order valence-corrected chi connectivity index (χ3v) is 4.00. The average Bonchev–Trinajstić information content (AvgIpc) is 3.06. The number of aromatic amines is 1. The number of aromatic nitrogens is 1. The fourth-order valence-electron chi connectivity index (χ4n) is 2.73. The molecule has 6 heteroatoms. The van der Waals surface area contributed by atoms with E-state index in [1.807, 2.05) is 25.1 Å². The zero-order chi connectivity index (χ0) is 18.5. The first-order valence-corrected chi connectivity index (χ1v) is 8.51. The standard InChI is InChI=1S/C20H20FN3O2/c1-2-5-19(25)23-14-7-3-6-13(10-14)12-22-20(26)18-11-15-16(21)8-4-9-17(15)24-18/h3-4,6-11,24H,2,5,12H2,1H3,(H,22,26)(H,23,25). The summed E-state index contributed by atoms with van der Waals surface area (Å²) in [4.78, 5) is 26.9. The zero-order valence-corrected chi connectivity index (χ0v) is 14.4. The van der Waals surface area contributed by atoms with E-state index in [9.17, 15) is 14.0 Å². The first kappa shape index (κ1) is 17.7. The molecule has 2 aromatic carbocycles. The lowest BCUT2D eigenvalue weighted by molar-refractivity contribution is -0.116. The molecule has 0 fully saturated rings. The van der Waals surface area contributed by atoms with Crippen LogP contribution in [0.15, 0.2) is 48.5 Å². The highest BCUT2D eigenvalue weighted by Crippen LogP contribution is 2.18. The molecule has 0 saturated heterocycles. The molecule has 0 bridgehead atoms. The molecule has 3 N–H and O–H groups in total. The molecule has 0 spiro atoms. The maximum atomic E-state index is 13.7. The van der Waals surface area contributed by atoms with Crippen LogP contribution in [0.2, 0.25) is 0 Å². The number of anilines is 1. The van der Waals surface area contributed by atoms with Gasteiger partial charge in [0.1, 0.15) is 11.5 Å². The van der Waals surface area contributed by atoms with Gasteiger partial charge in [-0.25, -0.2) is 4.39 Å². The van der Waals surface area contributed by atoms with Crippen molar-refractivity contribution in [2.75, 3.05) is 5.32 Å². The number of hydrogen-bond acceptors (Lipinski definition) is 2. The summed E-state index contributed by atoms with van der Waals surface area (Å²) in [7, 11) is 0. The van der Waals surface area contributed by atoms with Gasteiger partial charge in [0.15, 0.2) is 0 Å². The molecule has 134 valence electrons. The predicted octanol–water partition coefficient (Wildman–Crippen LogP) is 3.98. The molecule has 3 rings (SSSR count). The highest BCUT2D eigenvalue weighted by molar-refractivity contribution is 5.98. The SMILES string of the molecule is CCCC(=O)Nc1cccc(CNC(=O)c2cc3c(F)cccc3[nH]2)c1. The van der Waals surface area contributed by atoms with E-state index in [2.05, 4.69) is 15.6 Å². The molecule has 2 amide bonds. The molecule has 3 aromatic rings. The van der Waals surface area contributed by atoms with E-state index in [1.54, 1.807) is 18.2 Å². The smallest absolute Gasteiger partial charge is 0.267 e. The van der Waals surface area contributed by atoms with E-state index in [4.69, 9.17) is 0 Å². The Morgan fingerprint density at radius 3 is 2.69 bits per heavy atom. The molecule has 0 aliphatic carbocycles. The van der Waals surface area contributed by atoms with Gasteiger partial charge in [-0.2, -0.15) is 0 Å². The van der Waals surface area contributed by atoms with Crippen LogP contribution >= 0.6 is 0 Å². The monoisotopic (exact) mass is 353 g/mol. The third-order valence-electron chi connectivity index (χ3n) is 4.00. The van der Waals surface area contributed by atoms with E-state index < -0.39 is 0 Å². The van der Waals surface area contributed by atoms with Crippen LogP contribution in [-0.4, -0.2) is 16.8 Å². The van der Waals surface area contributed by atoms with Crippen molar-refractivity contribution in [3.05, 3.63) is 65.6 Å². The van der Waals surface area contributed by atoms with Crippen molar-refractivity contribution in [3.63, 3.8) is 0 Å². The van der Waals surface area contributed by atoms with Crippen LogP contribution in [0, 0.1) is 5.82 Å². The molecule has 0 saturated carbocycles. The summed E-state index contributed by atoms with van der Waals surface area (Å²) in [6, 6.07) is 13.5. The summed E-state index contributed by atoms with van der Waals surface area (Å²) in [5.74, 6) is -0.719. The lowest BCUT2D eigenvalue weighted by atomic mass is 10.2. The molecule has 5 nitrogen and oxygen atoms in total. The molecule has 0 atom stereocenters. The van der Waals surface area contributed by atoms with Gasteiger partial charge in [-0.1, -0.05) is 25.1 Å². The van der Waals surface area contributed by atoms with Crippen LogP contribution in [0.3, 0.4) is 0 Å². The van der Waals surface area contributed by atoms with Crippen molar-refractivity contribution in [2.24, 2.45) is 0 Å². The van der Waals surface area contributed by atoms with Gasteiger partial charge >= 0.3 is 0 Å². The molecule has 26 heavy (non-hydrogen) atoms. The Morgan fingerprint density at radius 2 is 1.92 bits per heavy atom. The van der Waals surface area contributed by atoms with Crippen molar-refractivity contribution in [2.45, 2.75) is 26.3 Å². The number of benzene rings is 2. The number of carbonyl (C=O) groups is 2. The fourth-order valence-corrected chi connectivity index (χ4v) is 2.73. The summed E-state index contributed by atoms with van der Waals surface area (Å²) in [6.45, 7) is 2.25. The van der Waals surface area contributed by atoms with Crippen LogP contribution in [0.5, 0.6) is 0 Å². The highest BCUT2D eigenvalue weighted by atomic mass is 19.1. The number of amides is 2. The van der Waals surface area contributed by atoms with Crippen LogP contribution in [-0.2, 0) is 11.3 Å². The summed E-state index contributed by atoms with van der Waals surface area (Å²) in [5, 5.41) is 6.01. The first-order chi connectivity index (χ1) is 12.6. The lowest BCUT2D eigenvalue weighted by Gasteiger charge is -2.08. The Balaban J connectivity index is 1.65. The Labute approximate surface area is 150 Å². The molecule has 0 aliphatic rings. The van der Waals surface area contributed by atoms with Gasteiger partial charge in [0.05, 0.1) is 0 Å². The quantitative estimate of drug-likeness (QED) is 0.627. The van der Waals surface area contributed by atoms with E-state index in [0.717, 1.165) is 12.0 Å². The first-order valence-electron chi connectivity index (χ1n) is 8.51. The number of H-pyrrole nitrogens is 1. The average molecular weight is 353 g/mol. The number of hydrogen-bond donors (Lipinski definition) is 3. The largest absolute Gasteiger partial charge is 0.350 e. The number of halogens is 1. The Bertz CT molecular complexity index is 949. The minimum Gasteiger partial charge on any atom is -0.350 e. The normalized spacial score (nSPS) is 10.7.